The van der Waals surface area contributed by atoms with Crippen LogP contribution >= 0.6 is 0 Å². The largest absolute Gasteiger partial charge is 4.00 e. The first-order valence-electron chi connectivity index (χ1n) is 0. The quantitative estimate of drug-likeness (QED) is 0.526. The maximum Gasteiger partial charge on any atom is 4.00 e. The normalized spacial score (nSPS) is 0. The summed E-state index contributed by atoms with van der Waals surface area (Å²) >= 11 is 0. The van der Waals surface area contributed by atoms with Crippen molar-refractivity contribution in [3.8, 4) is 0 Å². The zero-order valence-corrected chi connectivity index (χ0v) is 14.6. The fraction of sp³-hybridized carbons (Fsp3) is 0. The van der Waals surface area contributed by atoms with E-state index in [9.17, 15) is 0 Å². The number of rotatable bonds is 0. The number of hydrogen-bond donors (Lipinski definition) is 0. The molecule has 0 spiro atoms. The smallest absolute Gasteiger partial charge is 2.00 e. The Morgan fingerprint density at radius 3 is 0.800 bits per heavy atom. The minimum atomic E-state index is 0. The topological polar surface area (TPSA) is 28.5 Å². The molecule has 0 N–H and O–H groups in total. The molecule has 0 aromatic heterocycles. The van der Waals surface area contributed by atoms with Crippen LogP contribution in [-0.4, -0.2) is 25.8 Å². The van der Waals surface area contributed by atoms with Crippen molar-refractivity contribution in [1.82, 2.24) is 0 Å². The van der Waals surface area contributed by atoms with Crippen LogP contribution in [0.15, 0.2) is 0 Å². The Labute approximate surface area is 94.8 Å². The Morgan fingerprint density at radius 1 is 0.800 bits per heavy atom. The van der Waals surface area contributed by atoms with E-state index in [4.69, 9.17) is 0 Å². The van der Waals surface area contributed by atoms with Gasteiger partial charge in [-0.2, -0.15) is 0 Å². The maximum atomic E-state index is 0. The monoisotopic (exact) mass is 349 g/mol. The van der Waals surface area contributed by atoms with E-state index in [0.717, 1.165) is 0 Å². The van der Waals surface area contributed by atoms with Gasteiger partial charge in [0, 0.05) is 0 Å². The Kier molecular flexibility index (Phi) is 248. The molecule has 0 aliphatic rings. The van der Waals surface area contributed by atoms with E-state index in [-0.39, 0.29) is 96.5 Å². The molecule has 0 aliphatic carbocycles. The average molecular weight is 353 g/mol. The van der Waals surface area contributed by atoms with Gasteiger partial charge in [-0.25, -0.2) is 0 Å². The van der Waals surface area contributed by atoms with Gasteiger partial charge in [0.05, 0.1) is 0 Å². The molecule has 0 fully saturated rings. The molecule has 0 aliphatic heterocycles. The zero-order chi connectivity index (χ0) is 0. The van der Waals surface area contributed by atoms with Crippen molar-refractivity contribution in [3.05, 3.63) is 0 Å². The minimum Gasteiger partial charge on any atom is -2.00 e. The summed E-state index contributed by atoms with van der Waals surface area (Å²) in [5, 5.41) is 0. The summed E-state index contributed by atoms with van der Waals surface area (Å²) in [5.74, 6) is 0. The molecular formula is InOZn2Zr+9. The molecule has 5 heavy (non-hydrogen) atoms. The van der Waals surface area contributed by atoms with Crippen molar-refractivity contribution < 1.29 is 70.6 Å². The van der Waals surface area contributed by atoms with E-state index in [0.29, 0.717) is 0 Å². The molecule has 0 saturated carbocycles. The summed E-state index contributed by atoms with van der Waals surface area (Å²) in [4.78, 5) is 0. The van der Waals surface area contributed by atoms with Crippen molar-refractivity contribution in [2.24, 2.45) is 0 Å². The Hall–Kier alpha value is 2.96. The molecule has 0 aromatic rings. The van der Waals surface area contributed by atoms with Gasteiger partial charge in [-0.3, -0.25) is 0 Å². The molecule has 0 atom stereocenters. The molecular weight excluding hydrogens is 353 g/mol. The molecule has 0 bridgehead atoms. The molecule has 0 unspecified atom stereocenters. The van der Waals surface area contributed by atoms with Gasteiger partial charge >= 0.3 is 91.0 Å². The third kappa shape index (κ3) is 19.5. The van der Waals surface area contributed by atoms with E-state index in [1.54, 1.807) is 0 Å². The van der Waals surface area contributed by atoms with Gasteiger partial charge in [-0.15, -0.1) is 0 Å². The molecule has 8 valence electrons. The zero-order valence-electron chi connectivity index (χ0n) is 2.90. The van der Waals surface area contributed by atoms with Crippen LogP contribution in [0.1, 0.15) is 0 Å². The van der Waals surface area contributed by atoms with Gasteiger partial charge < -0.3 is 5.48 Å². The number of hydrogen-bond acceptors (Lipinski definition) is 0. The fourth-order valence-corrected chi connectivity index (χ4v) is 0. The van der Waals surface area contributed by atoms with Crippen molar-refractivity contribution in [1.29, 1.82) is 0 Å². The van der Waals surface area contributed by atoms with Crippen molar-refractivity contribution in [2.75, 3.05) is 0 Å². The average Bonchev–Trinajstić information content (AvgIpc) is 0. The summed E-state index contributed by atoms with van der Waals surface area (Å²) < 4.78 is 0. The third-order valence-electron chi connectivity index (χ3n) is 0. The van der Waals surface area contributed by atoms with Gasteiger partial charge in [0.1, 0.15) is 0 Å². The second-order valence-electron chi connectivity index (χ2n) is 0. The standard InChI is InChI=1S/In.O.2Zn.Zr/q+3;-2;2*+2;+4. The Morgan fingerprint density at radius 2 is 0.800 bits per heavy atom. The first kappa shape index (κ1) is 44.0. The van der Waals surface area contributed by atoms with Crippen LogP contribution in [-0.2, 0) is 70.6 Å². The van der Waals surface area contributed by atoms with Gasteiger partial charge in [0.15, 0.2) is 0 Å². The second-order valence-corrected chi connectivity index (χ2v) is 0. The van der Waals surface area contributed by atoms with E-state index >= 15 is 0 Å². The third-order valence-corrected chi connectivity index (χ3v) is 0. The SMILES string of the molecule is [In+3].[O-2].[Zn+2].[Zn+2].[Zr+4]. The first-order chi connectivity index (χ1) is 0. The van der Waals surface area contributed by atoms with Crippen molar-refractivity contribution in [3.63, 3.8) is 0 Å². The molecule has 1 nitrogen and oxygen atoms in total. The minimum absolute atomic E-state index is 0. The molecule has 0 aromatic carbocycles. The fourth-order valence-electron chi connectivity index (χ4n) is 0. The molecule has 0 heterocycles. The van der Waals surface area contributed by atoms with Crippen LogP contribution in [0.2, 0.25) is 0 Å². The van der Waals surface area contributed by atoms with Crippen LogP contribution in [0.3, 0.4) is 0 Å². The summed E-state index contributed by atoms with van der Waals surface area (Å²) in [7, 11) is 0. The van der Waals surface area contributed by atoms with Crippen LogP contribution in [0.4, 0.5) is 0 Å². The van der Waals surface area contributed by atoms with Gasteiger partial charge in [0.2, 0.25) is 0 Å². The van der Waals surface area contributed by atoms with E-state index in [1.807, 2.05) is 0 Å². The van der Waals surface area contributed by atoms with Gasteiger partial charge in [-0.05, 0) is 0 Å². The Balaban J connectivity index is 0. The predicted molar refractivity (Wildman–Crippen MR) is 6.44 cm³/mol. The summed E-state index contributed by atoms with van der Waals surface area (Å²) in [6.45, 7) is 0. The molecule has 0 radical (unpaired) electrons. The van der Waals surface area contributed by atoms with Crippen LogP contribution in [0.5, 0.6) is 0 Å². The molecule has 5 heteroatoms. The maximum absolute atomic E-state index is 0. The van der Waals surface area contributed by atoms with Gasteiger partial charge in [-0.1, -0.05) is 0 Å². The van der Waals surface area contributed by atoms with Crippen molar-refractivity contribution >= 4 is 25.8 Å². The molecule has 0 saturated heterocycles. The Bertz CT molecular complexity index is 9.61. The van der Waals surface area contributed by atoms with Crippen LogP contribution in [0.25, 0.3) is 0 Å². The summed E-state index contributed by atoms with van der Waals surface area (Å²) in [6, 6.07) is 0. The summed E-state index contributed by atoms with van der Waals surface area (Å²) in [5.41, 5.74) is 0. The summed E-state index contributed by atoms with van der Waals surface area (Å²) in [6.07, 6.45) is 0. The van der Waals surface area contributed by atoms with E-state index in [2.05, 4.69) is 0 Å². The van der Waals surface area contributed by atoms with E-state index < -0.39 is 0 Å². The molecule has 0 rings (SSSR count). The van der Waals surface area contributed by atoms with Crippen molar-refractivity contribution in [2.45, 2.75) is 0 Å². The predicted octanol–water partition coefficient (Wildman–Crippen LogP) is -0.507. The molecule has 0 amide bonds. The first-order valence-corrected chi connectivity index (χ1v) is 0. The van der Waals surface area contributed by atoms with Crippen LogP contribution < -0.4 is 0 Å². The van der Waals surface area contributed by atoms with Crippen LogP contribution in [0, 0.1) is 0 Å². The van der Waals surface area contributed by atoms with Gasteiger partial charge in [0.25, 0.3) is 0 Å². The van der Waals surface area contributed by atoms with E-state index in [1.165, 1.54) is 0 Å². The second kappa shape index (κ2) is 28.2.